The van der Waals surface area contributed by atoms with E-state index in [2.05, 4.69) is 5.32 Å². The summed E-state index contributed by atoms with van der Waals surface area (Å²) in [5.41, 5.74) is 1.46. The minimum atomic E-state index is -0.755. The van der Waals surface area contributed by atoms with Gasteiger partial charge in [0.15, 0.2) is 5.58 Å². The molecule has 4 rings (SSSR count). The van der Waals surface area contributed by atoms with Gasteiger partial charge in [0.25, 0.3) is 0 Å². The van der Waals surface area contributed by atoms with Crippen LogP contribution in [-0.2, 0) is 14.3 Å². The van der Waals surface area contributed by atoms with Crippen molar-refractivity contribution in [3.63, 3.8) is 0 Å². The monoisotopic (exact) mass is 429 g/mol. The van der Waals surface area contributed by atoms with Crippen molar-refractivity contribution in [2.75, 3.05) is 13.1 Å². The van der Waals surface area contributed by atoms with Gasteiger partial charge in [-0.15, -0.1) is 0 Å². The molecule has 0 saturated carbocycles. The molecule has 2 aromatic rings. The number of nitrogens with zero attached hydrogens (tertiary/aromatic N) is 2. The number of piperidine rings is 2. The molecule has 3 amide bonds. The third-order valence-corrected chi connectivity index (χ3v) is 5.78. The molecular formula is C22H27N3O6. The van der Waals surface area contributed by atoms with Gasteiger partial charge in [-0.3, -0.25) is 19.5 Å². The minimum absolute atomic E-state index is 0.184. The zero-order chi connectivity index (χ0) is 22.3. The number of aromatic nitrogens is 1. The second-order valence-corrected chi connectivity index (χ2v) is 9.17. The van der Waals surface area contributed by atoms with Gasteiger partial charge in [0, 0.05) is 19.5 Å². The maximum absolute atomic E-state index is 12.5. The Morgan fingerprint density at radius 2 is 1.84 bits per heavy atom. The van der Waals surface area contributed by atoms with E-state index in [9.17, 15) is 19.2 Å². The number of hydrogen-bond donors (Lipinski definition) is 1. The second-order valence-electron chi connectivity index (χ2n) is 9.17. The maximum atomic E-state index is 12.5. The summed E-state index contributed by atoms with van der Waals surface area (Å²) in [7, 11) is 0. The first kappa shape index (κ1) is 21.1. The quantitative estimate of drug-likeness (QED) is 0.735. The van der Waals surface area contributed by atoms with Crippen molar-refractivity contribution in [1.82, 2.24) is 14.8 Å². The number of fused-ring (bicyclic) bond motifs is 1. The molecule has 0 bridgehead atoms. The van der Waals surface area contributed by atoms with E-state index >= 15 is 0 Å². The number of ether oxygens (including phenoxy) is 1. The van der Waals surface area contributed by atoms with E-state index in [4.69, 9.17) is 9.15 Å². The zero-order valence-electron chi connectivity index (χ0n) is 18.0. The maximum Gasteiger partial charge on any atom is 0.420 e. The molecule has 2 aliphatic rings. The molecule has 1 N–H and O–H groups in total. The van der Waals surface area contributed by atoms with Crippen LogP contribution in [0.3, 0.4) is 0 Å². The average molecular weight is 429 g/mol. The van der Waals surface area contributed by atoms with Gasteiger partial charge in [-0.2, -0.15) is 0 Å². The zero-order valence-corrected chi connectivity index (χ0v) is 18.0. The first-order valence-electron chi connectivity index (χ1n) is 10.6. The highest BCUT2D eigenvalue weighted by Gasteiger charge is 2.32. The Bertz CT molecular complexity index is 1080. The fourth-order valence-electron chi connectivity index (χ4n) is 4.25. The number of likely N-dealkylation sites (tertiary alicyclic amines) is 1. The van der Waals surface area contributed by atoms with E-state index in [1.165, 1.54) is 4.57 Å². The van der Waals surface area contributed by atoms with E-state index in [0.717, 1.165) is 18.4 Å². The molecule has 2 aliphatic heterocycles. The van der Waals surface area contributed by atoms with Crippen molar-refractivity contribution in [2.24, 2.45) is 0 Å². The smallest absolute Gasteiger partial charge is 0.420 e. The predicted octanol–water partition coefficient (Wildman–Crippen LogP) is 2.69. The van der Waals surface area contributed by atoms with Crippen LogP contribution in [0.25, 0.3) is 11.1 Å². The Kier molecular flexibility index (Phi) is 5.36. The molecule has 2 saturated heterocycles. The Labute approximate surface area is 179 Å². The fraction of sp³-hybridized carbons (Fsp3) is 0.545. The van der Waals surface area contributed by atoms with Crippen LogP contribution < -0.4 is 11.1 Å². The number of imide groups is 1. The lowest BCUT2D eigenvalue weighted by atomic mass is 9.89. The third-order valence-electron chi connectivity index (χ3n) is 5.78. The van der Waals surface area contributed by atoms with Crippen molar-refractivity contribution < 1.29 is 23.5 Å². The highest BCUT2D eigenvalue weighted by atomic mass is 16.6. The Morgan fingerprint density at radius 3 is 2.48 bits per heavy atom. The van der Waals surface area contributed by atoms with E-state index in [1.807, 2.05) is 32.9 Å². The molecule has 0 radical (unpaired) electrons. The summed E-state index contributed by atoms with van der Waals surface area (Å²) in [4.78, 5) is 50.1. The molecule has 3 heterocycles. The van der Waals surface area contributed by atoms with Crippen LogP contribution in [-0.4, -0.2) is 46.1 Å². The van der Waals surface area contributed by atoms with Crippen molar-refractivity contribution in [3.05, 3.63) is 34.3 Å². The molecular weight excluding hydrogens is 402 g/mol. The number of amides is 3. The molecule has 31 heavy (non-hydrogen) atoms. The Morgan fingerprint density at radius 1 is 1.13 bits per heavy atom. The fourth-order valence-corrected chi connectivity index (χ4v) is 4.25. The topological polar surface area (TPSA) is 111 Å². The molecule has 166 valence electrons. The summed E-state index contributed by atoms with van der Waals surface area (Å²) in [5, 5.41) is 2.28. The molecule has 1 atom stereocenters. The molecule has 9 nitrogen and oxygen atoms in total. The highest BCUT2D eigenvalue weighted by molar-refractivity contribution is 6.00. The Hall–Kier alpha value is -3.10. The lowest BCUT2D eigenvalue weighted by Crippen LogP contribution is -2.43. The van der Waals surface area contributed by atoms with E-state index in [-0.39, 0.29) is 30.8 Å². The summed E-state index contributed by atoms with van der Waals surface area (Å²) < 4.78 is 12.2. The van der Waals surface area contributed by atoms with Crippen molar-refractivity contribution in [2.45, 2.75) is 64.0 Å². The van der Waals surface area contributed by atoms with Gasteiger partial charge >= 0.3 is 11.8 Å². The summed E-state index contributed by atoms with van der Waals surface area (Å²) in [6, 6.07) is 4.81. The normalized spacial score (nSPS) is 20.7. The summed E-state index contributed by atoms with van der Waals surface area (Å²) >= 11 is 0. The van der Waals surface area contributed by atoms with Crippen molar-refractivity contribution in [1.29, 1.82) is 0 Å². The van der Waals surface area contributed by atoms with Gasteiger partial charge in [0.05, 0.1) is 5.52 Å². The summed E-state index contributed by atoms with van der Waals surface area (Å²) in [6.45, 7) is 6.74. The third kappa shape index (κ3) is 4.35. The standard InChI is InChI=1S/C22H27N3O6/c1-22(2,3)31-20(28)24-10-8-13(9-11-24)14-4-5-15-17(12-14)30-21(29)25(15)16-6-7-18(26)23-19(16)27/h4-5,12-13,16H,6-11H2,1-3H3,(H,23,26,27). The highest BCUT2D eigenvalue weighted by Crippen LogP contribution is 2.32. The first-order chi connectivity index (χ1) is 14.6. The number of oxazole rings is 1. The second kappa shape index (κ2) is 7.86. The van der Waals surface area contributed by atoms with Gasteiger partial charge in [0.2, 0.25) is 11.8 Å². The number of carbonyl (C=O) groups excluding carboxylic acids is 3. The molecule has 9 heteroatoms. The Balaban J connectivity index is 1.50. The van der Waals surface area contributed by atoms with E-state index in [1.54, 1.807) is 11.0 Å². The van der Waals surface area contributed by atoms with Crippen LogP contribution in [0.15, 0.2) is 27.4 Å². The predicted molar refractivity (Wildman–Crippen MR) is 112 cm³/mol. The lowest BCUT2D eigenvalue weighted by Gasteiger charge is -2.33. The molecule has 0 spiro atoms. The molecule has 0 aliphatic carbocycles. The summed E-state index contributed by atoms with van der Waals surface area (Å²) in [5.74, 6) is -1.20. The number of nitrogens with one attached hydrogen (secondary N) is 1. The van der Waals surface area contributed by atoms with Crippen molar-refractivity contribution in [3.8, 4) is 0 Å². The van der Waals surface area contributed by atoms with Crippen LogP contribution >= 0.6 is 0 Å². The minimum Gasteiger partial charge on any atom is -0.444 e. The number of benzene rings is 1. The van der Waals surface area contributed by atoms with Gasteiger partial charge in [-0.05, 0) is 63.6 Å². The largest absolute Gasteiger partial charge is 0.444 e. The van der Waals surface area contributed by atoms with Gasteiger partial charge in [-0.1, -0.05) is 6.07 Å². The van der Waals surface area contributed by atoms with Crippen molar-refractivity contribution >= 4 is 29.0 Å². The molecule has 1 unspecified atom stereocenters. The van der Waals surface area contributed by atoms with Crippen LogP contribution in [0.1, 0.15) is 64.0 Å². The van der Waals surface area contributed by atoms with Crippen LogP contribution in [0, 0.1) is 0 Å². The first-order valence-corrected chi connectivity index (χ1v) is 10.6. The number of rotatable bonds is 2. The molecule has 1 aromatic heterocycles. The van der Waals surface area contributed by atoms with Crippen LogP contribution in [0.2, 0.25) is 0 Å². The molecule has 2 fully saturated rings. The van der Waals surface area contributed by atoms with Gasteiger partial charge in [-0.25, -0.2) is 9.59 Å². The number of carbonyl (C=O) groups is 3. The van der Waals surface area contributed by atoms with E-state index in [0.29, 0.717) is 24.2 Å². The SMILES string of the molecule is CC(C)(C)OC(=O)N1CCC(c2ccc3c(c2)oc(=O)n3C2CCC(=O)NC2=O)CC1. The summed E-state index contributed by atoms with van der Waals surface area (Å²) in [6.07, 6.45) is 1.72. The lowest BCUT2D eigenvalue weighted by molar-refractivity contribution is -0.135. The van der Waals surface area contributed by atoms with E-state index < -0.39 is 23.3 Å². The molecule has 1 aromatic carbocycles. The average Bonchev–Trinajstić information content (AvgIpc) is 3.02. The van der Waals surface area contributed by atoms with Crippen LogP contribution in [0.5, 0.6) is 0 Å². The van der Waals surface area contributed by atoms with Gasteiger partial charge in [0.1, 0.15) is 11.6 Å². The van der Waals surface area contributed by atoms with Gasteiger partial charge < -0.3 is 14.1 Å². The number of hydrogen-bond acceptors (Lipinski definition) is 6. The van der Waals surface area contributed by atoms with Crippen LogP contribution in [0.4, 0.5) is 4.79 Å².